The zero-order valence-electron chi connectivity index (χ0n) is 56.6. The first kappa shape index (κ1) is 81.8. The van der Waals surface area contributed by atoms with Crippen molar-refractivity contribution in [1.29, 1.82) is 0 Å². The van der Waals surface area contributed by atoms with Crippen LogP contribution < -0.4 is 5.32 Å². The van der Waals surface area contributed by atoms with Crippen LogP contribution in [0.25, 0.3) is 0 Å². The lowest BCUT2D eigenvalue weighted by Gasteiger charge is -2.20. The summed E-state index contributed by atoms with van der Waals surface area (Å²) in [5, 5.41) is 23.0. The van der Waals surface area contributed by atoms with Gasteiger partial charge in [-0.3, -0.25) is 9.59 Å². The van der Waals surface area contributed by atoms with Crippen LogP contribution in [0.5, 0.6) is 0 Å². The fourth-order valence-electron chi connectivity index (χ4n) is 11.8. The smallest absolute Gasteiger partial charge is 0.305 e. The Morgan fingerprint density at radius 2 is 0.595 bits per heavy atom. The van der Waals surface area contributed by atoms with E-state index in [4.69, 9.17) is 4.74 Å². The van der Waals surface area contributed by atoms with Crippen molar-refractivity contribution in [1.82, 2.24) is 5.32 Å². The van der Waals surface area contributed by atoms with Crippen LogP contribution in [0.4, 0.5) is 0 Å². The second kappa shape index (κ2) is 73.3. The molecule has 0 saturated carbocycles. The van der Waals surface area contributed by atoms with E-state index in [0.717, 1.165) is 51.4 Å². The normalized spacial score (nSPS) is 12.8. The third-order valence-electron chi connectivity index (χ3n) is 17.6. The first-order chi connectivity index (χ1) is 41.5. The van der Waals surface area contributed by atoms with Gasteiger partial charge in [-0.1, -0.05) is 358 Å². The van der Waals surface area contributed by atoms with E-state index in [1.807, 2.05) is 6.08 Å². The summed E-state index contributed by atoms with van der Waals surface area (Å²) in [5.74, 6) is -0.0481. The van der Waals surface area contributed by atoms with Crippen molar-refractivity contribution in [3.05, 3.63) is 48.6 Å². The quantitative estimate of drug-likeness (QED) is 0.0320. The number of amides is 1. The Hall–Kier alpha value is -2.18. The van der Waals surface area contributed by atoms with Gasteiger partial charge in [0.15, 0.2) is 0 Å². The summed E-state index contributed by atoms with van der Waals surface area (Å²) in [7, 11) is 0. The van der Waals surface area contributed by atoms with Crippen LogP contribution in [0.1, 0.15) is 412 Å². The van der Waals surface area contributed by atoms with Crippen LogP contribution in [-0.4, -0.2) is 47.4 Å². The van der Waals surface area contributed by atoms with Gasteiger partial charge in [-0.15, -0.1) is 0 Å². The number of allylic oxidation sites excluding steroid dienone is 7. The summed E-state index contributed by atoms with van der Waals surface area (Å²) in [5.41, 5.74) is 0. The van der Waals surface area contributed by atoms with Crippen molar-refractivity contribution in [2.75, 3.05) is 13.2 Å². The molecule has 0 rings (SSSR count). The molecule has 84 heavy (non-hydrogen) atoms. The zero-order valence-corrected chi connectivity index (χ0v) is 56.6. The predicted molar refractivity (Wildman–Crippen MR) is 370 cm³/mol. The first-order valence-corrected chi connectivity index (χ1v) is 37.9. The van der Waals surface area contributed by atoms with Crippen LogP contribution in [0, 0.1) is 0 Å². The molecule has 0 aliphatic heterocycles. The number of aliphatic hydroxyl groups excluding tert-OH is 2. The van der Waals surface area contributed by atoms with Crippen molar-refractivity contribution in [2.24, 2.45) is 0 Å². The maximum absolute atomic E-state index is 12.4. The van der Waals surface area contributed by atoms with E-state index in [1.165, 1.54) is 334 Å². The van der Waals surface area contributed by atoms with Crippen LogP contribution in [0.2, 0.25) is 0 Å². The largest absolute Gasteiger partial charge is 0.466 e. The van der Waals surface area contributed by atoms with Crippen LogP contribution in [0.3, 0.4) is 0 Å². The van der Waals surface area contributed by atoms with Crippen molar-refractivity contribution in [2.45, 2.75) is 424 Å². The van der Waals surface area contributed by atoms with Crippen molar-refractivity contribution in [3.63, 3.8) is 0 Å². The zero-order chi connectivity index (χ0) is 60.6. The van der Waals surface area contributed by atoms with Gasteiger partial charge in [0.1, 0.15) is 0 Å². The molecule has 0 fully saturated rings. The molecule has 494 valence electrons. The molecule has 0 bridgehead atoms. The number of unbranched alkanes of at least 4 members (excludes halogenated alkanes) is 54. The summed E-state index contributed by atoms with van der Waals surface area (Å²) in [6, 6.07) is -0.624. The standard InChI is InChI=1S/C78H147NO5/c1-3-5-7-9-11-13-15-16-17-18-43-46-49-52-56-60-64-68-72-78(83)84-73-69-65-61-57-53-50-47-44-41-39-37-35-33-31-29-27-25-23-21-19-20-22-24-26-28-30-32-34-36-38-40-42-45-48-51-55-59-63-67-71-77(82)79-75(74-80)76(81)70-66-62-58-54-14-12-10-8-6-4-2/h17-20,23,25,66,70,75-76,80-81H,3-16,21-22,24,26-65,67-69,71-74H2,1-2H3,(H,79,82)/b18-17-,20-19-,25-23-,70-66+. The van der Waals surface area contributed by atoms with Gasteiger partial charge in [0.2, 0.25) is 5.91 Å². The molecule has 3 N–H and O–H groups in total. The van der Waals surface area contributed by atoms with Gasteiger partial charge in [-0.25, -0.2) is 0 Å². The molecule has 6 nitrogen and oxygen atoms in total. The van der Waals surface area contributed by atoms with E-state index in [-0.39, 0.29) is 18.5 Å². The Kier molecular flexibility index (Phi) is 71.4. The molecule has 0 radical (unpaired) electrons. The van der Waals surface area contributed by atoms with E-state index in [2.05, 4.69) is 55.6 Å². The number of rotatable bonds is 71. The fraction of sp³-hybridized carbons (Fsp3) is 0.872. The number of ether oxygens (including phenoxy) is 1. The highest BCUT2D eigenvalue weighted by Gasteiger charge is 2.18. The van der Waals surface area contributed by atoms with Gasteiger partial charge in [-0.05, 0) is 89.9 Å². The Bertz CT molecular complexity index is 1400. The second-order valence-corrected chi connectivity index (χ2v) is 26.0. The fourth-order valence-corrected chi connectivity index (χ4v) is 11.8. The van der Waals surface area contributed by atoms with E-state index in [0.29, 0.717) is 19.4 Å². The summed E-state index contributed by atoms with van der Waals surface area (Å²) in [6.45, 7) is 4.91. The number of aliphatic hydroxyl groups is 2. The number of hydrogen-bond donors (Lipinski definition) is 3. The predicted octanol–water partition coefficient (Wildman–Crippen LogP) is 24.8. The Labute approximate surface area is 525 Å². The van der Waals surface area contributed by atoms with Gasteiger partial charge >= 0.3 is 5.97 Å². The first-order valence-electron chi connectivity index (χ1n) is 37.9. The van der Waals surface area contributed by atoms with Crippen molar-refractivity contribution >= 4 is 11.9 Å². The molecule has 0 spiro atoms. The molecule has 6 heteroatoms. The molecule has 0 aromatic rings. The maximum Gasteiger partial charge on any atom is 0.305 e. The molecule has 0 heterocycles. The molecule has 0 aliphatic rings. The van der Waals surface area contributed by atoms with Crippen LogP contribution in [0.15, 0.2) is 48.6 Å². The van der Waals surface area contributed by atoms with Gasteiger partial charge < -0.3 is 20.3 Å². The minimum absolute atomic E-state index is 0.0175. The van der Waals surface area contributed by atoms with Crippen LogP contribution >= 0.6 is 0 Å². The average Bonchev–Trinajstić information content (AvgIpc) is 3.51. The lowest BCUT2D eigenvalue weighted by Crippen LogP contribution is -2.45. The van der Waals surface area contributed by atoms with E-state index >= 15 is 0 Å². The van der Waals surface area contributed by atoms with Gasteiger partial charge in [0.05, 0.1) is 25.4 Å². The topological polar surface area (TPSA) is 95.9 Å². The molecule has 0 aromatic heterocycles. The SMILES string of the molecule is CCCCCCCCC/C=C\CCCCCCCCCC(=O)OCCCCCCCCCCCCCCCCC/C=C\C/C=C\CCCCCCCCCCCCCCCCCCCC(=O)NC(CO)C(O)/C=C/CCCCCCCCCC. The number of esters is 1. The van der Waals surface area contributed by atoms with E-state index in [1.54, 1.807) is 6.08 Å². The lowest BCUT2D eigenvalue weighted by molar-refractivity contribution is -0.143. The summed E-state index contributed by atoms with van der Waals surface area (Å²) in [4.78, 5) is 24.5. The highest BCUT2D eigenvalue weighted by molar-refractivity contribution is 5.76. The Balaban J connectivity index is 3.33. The van der Waals surface area contributed by atoms with E-state index < -0.39 is 12.1 Å². The average molecular weight is 1180 g/mol. The Morgan fingerprint density at radius 3 is 0.917 bits per heavy atom. The monoisotopic (exact) mass is 1180 g/mol. The number of carbonyl (C=O) groups excluding carboxylic acids is 2. The molecule has 0 aliphatic carbocycles. The minimum atomic E-state index is -0.841. The molecule has 2 unspecified atom stereocenters. The lowest BCUT2D eigenvalue weighted by atomic mass is 10.0. The number of carbonyl (C=O) groups is 2. The third-order valence-corrected chi connectivity index (χ3v) is 17.6. The van der Waals surface area contributed by atoms with Crippen molar-refractivity contribution in [3.8, 4) is 0 Å². The highest BCUT2D eigenvalue weighted by atomic mass is 16.5. The number of nitrogens with one attached hydrogen (secondary N) is 1. The highest BCUT2D eigenvalue weighted by Crippen LogP contribution is 2.19. The minimum Gasteiger partial charge on any atom is -0.466 e. The second-order valence-electron chi connectivity index (χ2n) is 26.0. The van der Waals surface area contributed by atoms with Crippen molar-refractivity contribution < 1.29 is 24.5 Å². The Morgan fingerprint density at radius 1 is 0.333 bits per heavy atom. The molecule has 0 aromatic carbocycles. The summed E-state index contributed by atoms with van der Waals surface area (Å²) < 4.78 is 5.51. The molecular formula is C78H147NO5. The number of hydrogen-bond acceptors (Lipinski definition) is 5. The van der Waals surface area contributed by atoms with E-state index in [9.17, 15) is 19.8 Å². The summed E-state index contributed by atoms with van der Waals surface area (Å²) >= 11 is 0. The van der Waals surface area contributed by atoms with Gasteiger partial charge in [0.25, 0.3) is 0 Å². The third kappa shape index (κ3) is 68.9. The van der Waals surface area contributed by atoms with Gasteiger partial charge in [0, 0.05) is 12.8 Å². The summed E-state index contributed by atoms with van der Waals surface area (Å²) in [6.07, 6.45) is 96.7. The molecule has 2 atom stereocenters. The van der Waals surface area contributed by atoms with Gasteiger partial charge in [-0.2, -0.15) is 0 Å². The molecule has 1 amide bonds. The molecule has 0 saturated heterocycles. The maximum atomic E-state index is 12.4. The molecular weight excluding hydrogens is 1030 g/mol. The van der Waals surface area contributed by atoms with Crippen LogP contribution in [-0.2, 0) is 14.3 Å².